The van der Waals surface area contributed by atoms with Crippen LogP contribution in [0.2, 0.25) is 10.0 Å². The maximum Gasteiger partial charge on any atom is 0.372 e. The van der Waals surface area contributed by atoms with Crippen LogP contribution < -0.4 is 10.5 Å². The van der Waals surface area contributed by atoms with Crippen molar-refractivity contribution in [3.63, 3.8) is 0 Å². The summed E-state index contributed by atoms with van der Waals surface area (Å²) in [6, 6.07) is 12.6. The van der Waals surface area contributed by atoms with E-state index in [2.05, 4.69) is 14.8 Å². The highest BCUT2D eigenvalue weighted by Crippen LogP contribution is 2.24. The molecule has 1 N–H and O–H groups in total. The van der Waals surface area contributed by atoms with Crippen molar-refractivity contribution in [3.05, 3.63) is 92.3 Å². The van der Waals surface area contributed by atoms with Crippen molar-refractivity contribution in [2.75, 3.05) is 31.1 Å². The van der Waals surface area contributed by atoms with Gasteiger partial charge in [0.05, 0.1) is 40.1 Å². The van der Waals surface area contributed by atoms with E-state index >= 15 is 0 Å². The number of hydrogen-bond donors (Lipinski definition) is 1. The Morgan fingerprint density at radius 1 is 1.00 bits per heavy atom. The lowest BCUT2D eigenvalue weighted by atomic mass is 10.1. The van der Waals surface area contributed by atoms with E-state index in [9.17, 15) is 19.5 Å². The number of carbonyl (C=O) groups excluding carboxylic acids is 1. The van der Waals surface area contributed by atoms with Gasteiger partial charge in [-0.3, -0.25) is 19.1 Å². The van der Waals surface area contributed by atoms with Crippen molar-refractivity contribution < 1.29 is 19.1 Å². The Kier molecular flexibility index (Phi) is 8.02. The van der Waals surface area contributed by atoms with Crippen LogP contribution in [-0.2, 0) is 24.3 Å². The molecule has 1 aliphatic rings. The van der Waals surface area contributed by atoms with Crippen LogP contribution >= 0.6 is 23.2 Å². The molecule has 3 heterocycles. The monoisotopic (exact) mass is 568 g/mol. The largest absolute Gasteiger partial charge is 0.475 e. The van der Waals surface area contributed by atoms with Gasteiger partial charge >= 0.3 is 5.97 Å². The third kappa shape index (κ3) is 6.16. The third-order valence-corrected chi connectivity index (χ3v) is 7.64. The van der Waals surface area contributed by atoms with Crippen molar-refractivity contribution >= 4 is 51.5 Å². The molecule has 0 saturated carbocycles. The molecule has 0 atom stereocenters. The van der Waals surface area contributed by atoms with Gasteiger partial charge in [-0.15, -0.1) is 0 Å². The number of ketones is 1. The predicted octanol–water partition coefficient (Wildman–Crippen LogP) is 4.52. The first-order valence-corrected chi connectivity index (χ1v) is 13.3. The molecule has 11 heteroatoms. The summed E-state index contributed by atoms with van der Waals surface area (Å²) in [5, 5.41) is 10.6. The van der Waals surface area contributed by atoms with E-state index in [1.165, 1.54) is 17.2 Å². The van der Waals surface area contributed by atoms with Crippen LogP contribution in [0.5, 0.6) is 0 Å². The number of anilines is 1. The Morgan fingerprint density at radius 3 is 2.54 bits per heavy atom. The molecule has 2 aromatic heterocycles. The molecule has 5 rings (SSSR count). The first kappa shape index (κ1) is 26.9. The van der Waals surface area contributed by atoms with E-state index in [0.717, 1.165) is 24.3 Å². The molecule has 0 unspecified atom stereocenters. The highest BCUT2D eigenvalue weighted by molar-refractivity contribution is 6.42. The molecular formula is C28H26Cl2N4O5. The van der Waals surface area contributed by atoms with Crippen molar-refractivity contribution in [2.45, 2.75) is 25.9 Å². The minimum absolute atomic E-state index is 0.0244. The molecule has 1 saturated heterocycles. The summed E-state index contributed by atoms with van der Waals surface area (Å²) in [6.45, 7) is 3.33. The number of Topliss-reactive ketones (excluding diaryl/α,β-unsaturated/α-hetero) is 1. The summed E-state index contributed by atoms with van der Waals surface area (Å²) in [5.74, 6) is -1.18. The summed E-state index contributed by atoms with van der Waals surface area (Å²) in [7, 11) is 0. The Morgan fingerprint density at radius 2 is 1.79 bits per heavy atom. The molecule has 4 aromatic rings. The first-order chi connectivity index (χ1) is 18.8. The summed E-state index contributed by atoms with van der Waals surface area (Å²) in [4.78, 5) is 45.9. The third-order valence-electron chi connectivity index (χ3n) is 6.90. The number of piperazine rings is 1. The molecule has 1 fully saturated rings. The molecule has 0 amide bonds. The van der Waals surface area contributed by atoms with E-state index in [0.29, 0.717) is 52.6 Å². The smallest absolute Gasteiger partial charge is 0.372 e. The minimum Gasteiger partial charge on any atom is -0.475 e. The van der Waals surface area contributed by atoms with Crippen LogP contribution in [0.3, 0.4) is 0 Å². The summed E-state index contributed by atoms with van der Waals surface area (Å²) in [6.07, 6.45) is 3.58. The second kappa shape index (κ2) is 11.6. The number of aromatic carboxylic acids is 1. The normalized spacial score (nSPS) is 14.2. The molecule has 0 aliphatic carbocycles. The number of carboxylic acid groups (broad SMARTS) is 1. The second-order valence-corrected chi connectivity index (χ2v) is 10.3. The Balaban J connectivity index is 1.23. The fourth-order valence-electron chi connectivity index (χ4n) is 4.76. The average Bonchev–Trinajstić information content (AvgIpc) is 3.40. The maximum absolute atomic E-state index is 13.2. The van der Waals surface area contributed by atoms with Gasteiger partial charge in [0.1, 0.15) is 0 Å². The van der Waals surface area contributed by atoms with Crippen LogP contribution in [0.15, 0.2) is 64.3 Å². The fraction of sp³-hybridized carbons (Fsp3) is 0.286. The molecule has 0 bridgehead atoms. The van der Waals surface area contributed by atoms with Crippen LogP contribution in [0.1, 0.15) is 28.1 Å². The number of fused-ring (bicyclic) bond motifs is 1. The van der Waals surface area contributed by atoms with Gasteiger partial charge in [-0.2, -0.15) is 0 Å². The summed E-state index contributed by atoms with van der Waals surface area (Å²) < 4.78 is 6.43. The van der Waals surface area contributed by atoms with E-state index < -0.39 is 5.97 Å². The molecule has 9 nitrogen and oxygen atoms in total. The molecule has 39 heavy (non-hydrogen) atoms. The number of hydrogen-bond acceptors (Lipinski definition) is 7. The Bertz CT molecular complexity index is 1590. The van der Waals surface area contributed by atoms with Crippen molar-refractivity contribution in [1.82, 2.24) is 14.5 Å². The van der Waals surface area contributed by atoms with Crippen LogP contribution in [0, 0.1) is 0 Å². The number of halogens is 2. The molecule has 0 spiro atoms. The first-order valence-electron chi connectivity index (χ1n) is 12.5. The standard InChI is InChI=1S/C28H26Cl2N4O5/c29-23-5-2-18(13-24(23)30)1-4-21(35)16-34-17-31-25-6-3-20(14-22(25)27(34)36)33-10-8-32(9-11-33)15-19-7-12-39-26(19)28(37)38/h2-3,5-7,12-14,17H,1,4,8-11,15-16H2,(H,37,38). The zero-order valence-corrected chi connectivity index (χ0v) is 22.5. The number of benzene rings is 2. The molecule has 202 valence electrons. The molecule has 0 radical (unpaired) electrons. The van der Waals surface area contributed by atoms with Gasteiger partial charge in [0.2, 0.25) is 5.76 Å². The topological polar surface area (TPSA) is 109 Å². The van der Waals surface area contributed by atoms with Crippen molar-refractivity contribution in [3.8, 4) is 0 Å². The van der Waals surface area contributed by atoms with Crippen molar-refractivity contribution in [1.29, 1.82) is 0 Å². The zero-order valence-electron chi connectivity index (χ0n) is 21.0. The number of carbonyl (C=O) groups is 2. The van der Waals surface area contributed by atoms with Gasteiger partial charge in [-0.1, -0.05) is 29.3 Å². The van der Waals surface area contributed by atoms with Crippen molar-refractivity contribution in [2.24, 2.45) is 0 Å². The van der Waals surface area contributed by atoms with Crippen LogP contribution in [0.25, 0.3) is 10.9 Å². The van der Waals surface area contributed by atoms with Crippen LogP contribution in [0.4, 0.5) is 5.69 Å². The van der Waals surface area contributed by atoms with Gasteiger partial charge in [0, 0.05) is 50.4 Å². The number of nitrogens with zero attached hydrogens (tertiary/aromatic N) is 4. The second-order valence-electron chi connectivity index (χ2n) is 9.51. The van der Waals surface area contributed by atoms with Gasteiger partial charge < -0.3 is 14.4 Å². The quantitative estimate of drug-likeness (QED) is 0.314. The fourth-order valence-corrected chi connectivity index (χ4v) is 5.08. The molecule has 2 aromatic carbocycles. The van der Waals surface area contributed by atoms with Gasteiger partial charge in [0.15, 0.2) is 5.78 Å². The van der Waals surface area contributed by atoms with Crippen LogP contribution in [-0.4, -0.2) is 57.5 Å². The Labute approximate surface area is 234 Å². The SMILES string of the molecule is O=C(CCc1ccc(Cl)c(Cl)c1)Cn1cnc2ccc(N3CCN(Cc4ccoc4C(=O)O)CC3)cc2c1=O. The van der Waals surface area contributed by atoms with Gasteiger partial charge in [0.25, 0.3) is 5.56 Å². The number of rotatable bonds is 9. The number of aryl methyl sites for hydroxylation is 1. The highest BCUT2D eigenvalue weighted by atomic mass is 35.5. The lowest BCUT2D eigenvalue weighted by Crippen LogP contribution is -2.46. The number of carboxylic acids is 1. The lowest BCUT2D eigenvalue weighted by Gasteiger charge is -2.36. The van der Waals surface area contributed by atoms with E-state index in [4.69, 9.17) is 27.6 Å². The summed E-state index contributed by atoms with van der Waals surface area (Å²) >= 11 is 12.0. The average molecular weight is 569 g/mol. The zero-order chi connectivity index (χ0) is 27.5. The van der Waals surface area contributed by atoms with Gasteiger partial charge in [-0.25, -0.2) is 9.78 Å². The lowest BCUT2D eigenvalue weighted by molar-refractivity contribution is -0.119. The van der Waals surface area contributed by atoms with Gasteiger partial charge in [-0.05, 0) is 48.4 Å². The van der Waals surface area contributed by atoms with E-state index in [1.54, 1.807) is 18.2 Å². The Hall–Kier alpha value is -3.66. The summed E-state index contributed by atoms with van der Waals surface area (Å²) in [5.41, 5.74) is 2.77. The maximum atomic E-state index is 13.2. The highest BCUT2D eigenvalue weighted by Gasteiger charge is 2.22. The number of aromatic nitrogens is 2. The minimum atomic E-state index is -1.07. The molecular weight excluding hydrogens is 543 g/mol. The number of furan rings is 1. The van der Waals surface area contributed by atoms with E-state index in [-0.39, 0.29) is 30.1 Å². The molecule has 1 aliphatic heterocycles. The van der Waals surface area contributed by atoms with E-state index in [1.807, 2.05) is 24.3 Å². The predicted molar refractivity (Wildman–Crippen MR) is 149 cm³/mol.